The first-order chi connectivity index (χ1) is 13.3. The summed E-state index contributed by atoms with van der Waals surface area (Å²) in [4.78, 5) is 30.9. The van der Waals surface area contributed by atoms with Crippen molar-refractivity contribution < 1.29 is 18.0 Å². The molecule has 2 aliphatic rings. The molecule has 1 aromatic carbocycles. The number of hydrogen-bond donors (Lipinski definition) is 0. The highest BCUT2D eigenvalue weighted by atomic mass is 32.2. The molecule has 7 nitrogen and oxygen atoms in total. The molecule has 1 unspecified atom stereocenters. The highest BCUT2D eigenvalue weighted by Crippen LogP contribution is 2.27. The van der Waals surface area contributed by atoms with Crippen LogP contribution >= 0.6 is 0 Å². The lowest BCUT2D eigenvalue weighted by atomic mass is 10.1. The molecule has 3 rings (SSSR count). The lowest BCUT2D eigenvalue weighted by Gasteiger charge is -2.35. The van der Waals surface area contributed by atoms with Gasteiger partial charge in [-0.3, -0.25) is 14.5 Å². The zero-order chi connectivity index (χ0) is 20.3. The first-order valence-corrected chi connectivity index (χ1v) is 11.9. The van der Waals surface area contributed by atoms with Gasteiger partial charge in [-0.2, -0.15) is 0 Å². The molecule has 1 aromatic rings. The Hall–Kier alpha value is -1.93. The number of rotatable bonds is 6. The maximum Gasteiger partial charge on any atom is 0.228 e. The van der Waals surface area contributed by atoms with Crippen molar-refractivity contribution in [3.05, 3.63) is 29.8 Å². The smallest absolute Gasteiger partial charge is 0.228 e. The number of carbonyl (C=O) groups excluding carboxylic acids is 2. The summed E-state index contributed by atoms with van der Waals surface area (Å²) >= 11 is 0. The largest absolute Gasteiger partial charge is 0.340 e. The third kappa shape index (κ3) is 5.11. The van der Waals surface area contributed by atoms with E-state index < -0.39 is 9.84 Å². The summed E-state index contributed by atoms with van der Waals surface area (Å²) in [5, 5.41) is 0. The van der Waals surface area contributed by atoms with E-state index in [0.717, 1.165) is 12.1 Å². The minimum Gasteiger partial charge on any atom is -0.340 e. The van der Waals surface area contributed by atoms with E-state index in [9.17, 15) is 18.0 Å². The van der Waals surface area contributed by atoms with Crippen molar-refractivity contribution in [2.45, 2.75) is 19.8 Å². The Morgan fingerprint density at radius 2 is 1.75 bits per heavy atom. The average Bonchev–Trinajstić information content (AvgIpc) is 3.07. The number of nitrogens with zero attached hydrogens (tertiary/aromatic N) is 3. The van der Waals surface area contributed by atoms with Gasteiger partial charge in [-0.25, -0.2) is 8.42 Å². The zero-order valence-electron chi connectivity index (χ0n) is 16.6. The van der Waals surface area contributed by atoms with Gasteiger partial charge in [0.2, 0.25) is 11.8 Å². The first kappa shape index (κ1) is 20.8. The standard InChI is InChI=1S/C20H29N3O4S/c1-3-16-4-6-18(7-5-16)23-15-17(14-19(23)24)20(25)22-10-8-21(9-11-22)12-13-28(2,26)27/h4-7,17H,3,8-15H2,1-2H3. The number of anilines is 1. The van der Waals surface area contributed by atoms with Crippen molar-refractivity contribution in [2.75, 3.05) is 56.2 Å². The monoisotopic (exact) mass is 407 g/mol. The van der Waals surface area contributed by atoms with E-state index >= 15 is 0 Å². The molecular weight excluding hydrogens is 378 g/mol. The molecule has 0 bridgehead atoms. The molecule has 0 N–H and O–H groups in total. The van der Waals surface area contributed by atoms with Gasteiger partial charge < -0.3 is 9.80 Å². The van der Waals surface area contributed by atoms with Gasteiger partial charge in [-0.15, -0.1) is 0 Å². The SMILES string of the molecule is CCc1ccc(N2CC(C(=O)N3CCN(CCS(C)(=O)=O)CC3)CC2=O)cc1. The van der Waals surface area contributed by atoms with Gasteiger partial charge in [-0.1, -0.05) is 19.1 Å². The third-order valence-electron chi connectivity index (χ3n) is 5.59. The van der Waals surface area contributed by atoms with Crippen LogP contribution in [-0.2, 0) is 25.8 Å². The Balaban J connectivity index is 1.53. The normalized spacial score (nSPS) is 21.4. The maximum atomic E-state index is 12.9. The number of amides is 2. The summed E-state index contributed by atoms with van der Waals surface area (Å²) < 4.78 is 22.6. The van der Waals surface area contributed by atoms with Crippen LogP contribution in [0.5, 0.6) is 0 Å². The van der Waals surface area contributed by atoms with E-state index in [2.05, 4.69) is 11.8 Å². The van der Waals surface area contributed by atoms with Crippen molar-refractivity contribution in [1.82, 2.24) is 9.80 Å². The lowest BCUT2D eigenvalue weighted by molar-refractivity contribution is -0.137. The van der Waals surface area contributed by atoms with E-state index in [1.165, 1.54) is 11.8 Å². The topological polar surface area (TPSA) is 78.0 Å². The molecule has 8 heteroatoms. The van der Waals surface area contributed by atoms with Crippen molar-refractivity contribution in [2.24, 2.45) is 5.92 Å². The van der Waals surface area contributed by atoms with Gasteiger partial charge in [0, 0.05) is 57.6 Å². The van der Waals surface area contributed by atoms with Crippen molar-refractivity contribution in [1.29, 1.82) is 0 Å². The molecule has 0 aromatic heterocycles. The van der Waals surface area contributed by atoms with Crippen LogP contribution in [0.4, 0.5) is 5.69 Å². The van der Waals surface area contributed by atoms with Crippen LogP contribution in [0.3, 0.4) is 0 Å². The van der Waals surface area contributed by atoms with Crippen molar-refractivity contribution in [3.8, 4) is 0 Å². The minimum absolute atomic E-state index is 0.00520. The molecule has 0 aliphatic carbocycles. The van der Waals surface area contributed by atoms with Crippen LogP contribution in [-0.4, -0.2) is 81.3 Å². The van der Waals surface area contributed by atoms with Gasteiger partial charge in [0.15, 0.2) is 0 Å². The van der Waals surface area contributed by atoms with Crippen LogP contribution in [0, 0.1) is 5.92 Å². The summed E-state index contributed by atoms with van der Waals surface area (Å²) in [6, 6.07) is 7.94. The number of benzene rings is 1. The molecule has 154 valence electrons. The molecule has 0 spiro atoms. The van der Waals surface area contributed by atoms with Crippen LogP contribution in [0.2, 0.25) is 0 Å². The van der Waals surface area contributed by atoms with Gasteiger partial charge in [-0.05, 0) is 24.1 Å². The van der Waals surface area contributed by atoms with Gasteiger partial charge in [0.05, 0.1) is 11.7 Å². The maximum absolute atomic E-state index is 12.9. The predicted octanol–water partition coefficient (Wildman–Crippen LogP) is 0.791. The van der Waals surface area contributed by atoms with E-state index in [1.54, 1.807) is 4.90 Å². The fourth-order valence-electron chi connectivity index (χ4n) is 3.78. The lowest BCUT2D eigenvalue weighted by Crippen LogP contribution is -2.51. The minimum atomic E-state index is -2.97. The molecule has 28 heavy (non-hydrogen) atoms. The van der Waals surface area contributed by atoms with Crippen molar-refractivity contribution >= 4 is 27.3 Å². The van der Waals surface area contributed by atoms with Gasteiger partial charge in [0.1, 0.15) is 9.84 Å². The Kier molecular flexibility index (Phi) is 6.40. The molecule has 2 amide bonds. The quantitative estimate of drug-likeness (QED) is 0.697. The van der Waals surface area contributed by atoms with E-state index in [1.807, 2.05) is 29.2 Å². The third-order valence-corrected chi connectivity index (χ3v) is 6.52. The van der Waals surface area contributed by atoms with Crippen LogP contribution < -0.4 is 4.90 Å². The highest BCUT2D eigenvalue weighted by molar-refractivity contribution is 7.90. The average molecular weight is 408 g/mol. The number of hydrogen-bond acceptors (Lipinski definition) is 5. The Morgan fingerprint density at radius 3 is 2.32 bits per heavy atom. The molecule has 0 saturated carbocycles. The predicted molar refractivity (Wildman–Crippen MR) is 109 cm³/mol. The van der Waals surface area contributed by atoms with Crippen LogP contribution in [0.1, 0.15) is 18.9 Å². The summed E-state index contributed by atoms with van der Waals surface area (Å²) in [5.41, 5.74) is 2.07. The Bertz CT molecular complexity index is 814. The fraction of sp³-hybridized carbons (Fsp3) is 0.600. The summed E-state index contributed by atoms with van der Waals surface area (Å²) in [6.07, 6.45) is 2.44. The molecule has 1 atom stereocenters. The van der Waals surface area contributed by atoms with Gasteiger partial charge in [0.25, 0.3) is 0 Å². The molecule has 0 radical (unpaired) electrons. The second-order valence-corrected chi connectivity index (χ2v) is 9.98. The van der Waals surface area contributed by atoms with Crippen LogP contribution in [0.25, 0.3) is 0 Å². The van der Waals surface area contributed by atoms with Crippen molar-refractivity contribution in [3.63, 3.8) is 0 Å². The fourth-order valence-corrected chi connectivity index (χ4v) is 4.37. The Labute approximate surface area is 167 Å². The first-order valence-electron chi connectivity index (χ1n) is 9.85. The van der Waals surface area contributed by atoms with E-state index in [-0.39, 0.29) is 29.9 Å². The summed E-state index contributed by atoms with van der Waals surface area (Å²) in [5.74, 6) is -0.136. The number of carbonyl (C=O) groups is 2. The van der Waals surface area contributed by atoms with E-state index in [0.29, 0.717) is 39.3 Å². The zero-order valence-corrected chi connectivity index (χ0v) is 17.5. The Morgan fingerprint density at radius 1 is 1.11 bits per heavy atom. The summed E-state index contributed by atoms with van der Waals surface area (Å²) in [6.45, 7) is 5.53. The van der Waals surface area contributed by atoms with Crippen LogP contribution in [0.15, 0.2) is 24.3 Å². The molecule has 2 saturated heterocycles. The second-order valence-electron chi connectivity index (χ2n) is 7.72. The number of piperazine rings is 1. The number of sulfone groups is 1. The number of aryl methyl sites for hydroxylation is 1. The summed E-state index contributed by atoms with van der Waals surface area (Å²) in [7, 11) is -2.97. The highest BCUT2D eigenvalue weighted by Gasteiger charge is 2.37. The second kappa shape index (κ2) is 8.61. The molecular formula is C20H29N3O4S. The van der Waals surface area contributed by atoms with Gasteiger partial charge >= 0.3 is 0 Å². The molecule has 2 heterocycles. The molecule has 2 aliphatic heterocycles. The van der Waals surface area contributed by atoms with E-state index in [4.69, 9.17) is 0 Å². The molecule has 2 fully saturated rings.